The number of hydrogen-bond donors (Lipinski definition) is 2. The molecule has 1 atom stereocenters. The van der Waals surface area contributed by atoms with Crippen molar-refractivity contribution in [3.63, 3.8) is 0 Å². The van der Waals surface area contributed by atoms with Crippen LogP contribution in [0.5, 0.6) is 0 Å². The monoisotopic (exact) mass is 274 g/mol. The predicted octanol–water partition coefficient (Wildman–Crippen LogP) is 2.75. The number of carbonyl (C=O) groups is 1. The van der Waals surface area contributed by atoms with E-state index in [0.29, 0.717) is 5.95 Å². The van der Waals surface area contributed by atoms with Crippen LogP contribution in [0.2, 0.25) is 0 Å². The second kappa shape index (κ2) is 6.10. The molecule has 0 saturated heterocycles. The fraction of sp³-hybridized carbons (Fsp3) is 0.214. The molecule has 0 radical (unpaired) electrons. The molecule has 2 aromatic rings. The molecule has 2 rings (SSSR count). The lowest BCUT2D eigenvalue weighted by Crippen LogP contribution is -2.11. The fourth-order valence-corrected chi connectivity index (χ4v) is 1.75. The van der Waals surface area contributed by atoms with Crippen LogP contribution in [0.1, 0.15) is 25.5 Å². The molecular formula is C14H15FN4O. The zero-order valence-corrected chi connectivity index (χ0v) is 11.2. The maximum Gasteiger partial charge on any atom is 0.223 e. The quantitative estimate of drug-likeness (QED) is 0.899. The molecule has 0 aliphatic heterocycles. The van der Waals surface area contributed by atoms with Crippen molar-refractivity contribution in [2.45, 2.75) is 19.9 Å². The van der Waals surface area contributed by atoms with Gasteiger partial charge in [0.25, 0.3) is 0 Å². The van der Waals surface area contributed by atoms with Gasteiger partial charge in [-0.3, -0.25) is 4.79 Å². The van der Waals surface area contributed by atoms with E-state index in [9.17, 15) is 9.18 Å². The normalized spacial score (nSPS) is 11.8. The van der Waals surface area contributed by atoms with Crippen LogP contribution >= 0.6 is 0 Å². The molecule has 0 aliphatic carbocycles. The Morgan fingerprint density at radius 3 is 2.65 bits per heavy atom. The van der Waals surface area contributed by atoms with Gasteiger partial charge in [-0.05, 0) is 24.6 Å². The summed E-state index contributed by atoms with van der Waals surface area (Å²) in [4.78, 5) is 18.7. The minimum atomic E-state index is -0.476. The Balaban J connectivity index is 2.10. The molecule has 1 aromatic heterocycles. The molecule has 0 spiro atoms. The Morgan fingerprint density at radius 1 is 1.30 bits per heavy atom. The van der Waals surface area contributed by atoms with E-state index < -0.39 is 5.82 Å². The van der Waals surface area contributed by atoms with Crippen molar-refractivity contribution in [2.24, 2.45) is 0 Å². The summed E-state index contributed by atoms with van der Waals surface area (Å²) in [5, 5.41) is 5.79. The summed E-state index contributed by atoms with van der Waals surface area (Å²) in [7, 11) is 0. The van der Waals surface area contributed by atoms with Gasteiger partial charge in [-0.25, -0.2) is 14.4 Å². The first kappa shape index (κ1) is 13.9. The number of halogens is 1. The Bertz CT molecular complexity index is 600. The lowest BCUT2D eigenvalue weighted by molar-refractivity contribution is -0.114. The van der Waals surface area contributed by atoms with E-state index in [4.69, 9.17) is 0 Å². The van der Waals surface area contributed by atoms with E-state index in [1.807, 2.05) is 31.2 Å². The largest absolute Gasteiger partial charge is 0.348 e. The summed E-state index contributed by atoms with van der Waals surface area (Å²) in [5.74, 6) is -0.246. The maximum absolute atomic E-state index is 12.7. The van der Waals surface area contributed by atoms with Gasteiger partial charge in [0.05, 0.1) is 18.4 Å². The van der Waals surface area contributed by atoms with Gasteiger partial charge in [0.2, 0.25) is 11.9 Å². The van der Waals surface area contributed by atoms with Crippen LogP contribution in [0.3, 0.4) is 0 Å². The number of nitrogens with one attached hydrogen (secondary N) is 2. The predicted molar refractivity (Wildman–Crippen MR) is 74.8 cm³/mol. The number of nitrogens with zero attached hydrogens (tertiary/aromatic N) is 2. The van der Waals surface area contributed by atoms with E-state index in [0.717, 1.165) is 23.6 Å². The zero-order valence-electron chi connectivity index (χ0n) is 11.2. The van der Waals surface area contributed by atoms with Crippen LogP contribution in [-0.2, 0) is 4.79 Å². The van der Waals surface area contributed by atoms with Crippen molar-refractivity contribution >= 4 is 17.5 Å². The molecule has 20 heavy (non-hydrogen) atoms. The molecule has 0 bridgehead atoms. The second-order valence-electron chi connectivity index (χ2n) is 4.40. The number of hydrogen-bond acceptors (Lipinski definition) is 4. The average Bonchev–Trinajstić information content (AvgIpc) is 2.41. The third-order valence-electron chi connectivity index (χ3n) is 2.67. The Hall–Kier alpha value is -2.50. The highest BCUT2D eigenvalue weighted by atomic mass is 19.1. The molecule has 0 aliphatic rings. The van der Waals surface area contributed by atoms with Gasteiger partial charge in [0, 0.05) is 12.6 Å². The Morgan fingerprint density at radius 2 is 2.00 bits per heavy atom. The summed E-state index contributed by atoms with van der Waals surface area (Å²) in [5.41, 5.74) is 1.69. The summed E-state index contributed by atoms with van der Waals surface area (Å²) in [6, 6.07) is 7.37. The van der Waals surface area contributed by atoms with E-state index in [2.05, 4.69) is 20.6 Å². The average molecular weight is 274 g/mol. The van der Waals surface area contributed by atoms with Crippen molar-refractivity contribution in [1.29, 1.82) is 0 Å². The molecule has 1 aromatic carbocycles. The van der Waals surface area contributed by atoms with Crippen LogP contribution in [-0.4, -0.2) is 15.9 Å². The Kier molecular flexibility index (Phi) is 4.24. The van der Waals surface area contributed by atoms with Crippen LogP contribution in [0, 0.1) is 5.82 Å². The van der Waals surface area contributed by atoms with Gasteiger partial charge in [0.15, 0.2) is 5.82 Å². The minimum Gasteiger partial charge on any atom is -0.348 e. The van der Waals surface area contributed by atoms with Crippen molar-refractivity contribution in [3.8, 4) is 0 Å². The number of rotatable bonds is 4. The molecule has 6 heteroatoms. The number of amides is 1. The number of anilines is 2. The molecule has 0 saturated carbocycles. The summed E-state index contributed by atoms with van der Waals surface area (Å²) in [6.07, 6.45) is 2.21. The van der Waals surface area contributed by atoms with Gasteiger partial charge in [-0.2, -0.15) is 0 Å². The van der Waals surface area contributed by atoms with Crippen molar-refractivity contribution in [2.75, 3.05) is 10.6 Å². The topological polar surface area (TPSA) is 66.9 Å². The maximum atomic E-state index is 12.7. The molecule has 5 nitrogen and oxygen atoms in total. The van der Waals surface area contributed by atoms with Gasteiger partial charge in [-0.1, -0.05) is 12.1 Å². The van der Waals surface area contributed by atoms with Crippen LogP contribution in [0.4, 0.5) is 16.0 Å². The lowest BCUT2D eigenvalue weighted by atomic mass is 10.1. The van der Waals surface area contributed by atoms with Gasteiger partial charge in [0.1, 0.15) is 0 Å². The molecule has 2 N–H and O–H groups in total. The zero-order chi connectivity index (χ0) is 14.5. The summed E-state index contributed by atoms with van der Waals surface area (Å²) >= 11 is 0. The van der Waals surface area contributed by atoms with Gasteiger partial charge in [-0.15, -0.1) is 0 Å². The standard InChI is InChI=1S/C14H15FN4O/c1-9(18-14-16-7-12(15)8-17-14)11-4-3-5-13(6-11)19-10(2)20/h3-9H,1-2H3,(H,19,20)(H,16,17,18). The van der Waals surface area contributed by atoms with Crippen LogP contribution in [0.25, 0.3) is 0 Å². The molecule has 104 valence electrons. The number of carbonyl (C=O) groups excluding carboxylic acids is 1. The van der Waals surface area contributed by atoms with Crippen molar-refractivity contribution in [3.05, 3.63) is 48.0 Å². The first-order valence-corrected chi connectivity index (χ1v) is 6.16. The van der Waals surface area contributed by atoms with Crippen LogP contribution < -0.4 is 10.6 Å². The highest BCUT2D eigenvalue weighted by Crippen LogP contribution is 2.20. The fourth-order valence-electron chi connectivity index (χ4n) is 1.75. The second-order valence-corrected chi connectivity index (χ2v) is 4.40. The molecule has 0 fully saturated rings. The molecule has 1 heterocycles. The smallest absolute Gasteiger partial charge is 0.223 e. The summed E-state index contributed by atoms with van der Waals surface area (Å²) < 4.78 is 12.7. The third kappa shape index (κ3) is 3.74. The SMILES string of the molecule is CC(=O)Nc1cccc(C(C)Nc2ncc(F)cn2)c1. The minimum absolute atomic E-state index is 0.0748. The molecule has 1 amide bonds. The van der Waals surface area contributed by atoms with Gasteiger partial charge >= 0.3 is 0 Å². The van der Waals surface area contributed by atoms with Crippen molar-refractivity contribution < 1.29 is 9.18 Å². The van der Waals surface area contributed by atoms with Crippen molar-refractivity contribution in [1.82, 2.24) is 9.97 Å². The highest BCUT2D eigenvalue weighted by Gasteiger charge is 2.08. The number of benzene rings is 1. The van der Waals surface area contributed by atoms with E-state index in [1.54, 1.807) is 0 Å². The first-order valence-electron chi connectivity index (χ1n) is 6.16. The van der Waals surface area contributed by atoms with E-state index in [-0.39, 0.29) is 11.9 Å². The first-order chi connectivity index (χ1) is 9.54. The van der Waals surface area contributed by atoms with Gasteiger partial charge < -0.3 is 10.6 Å². The van der Waals surface area contributed by atoms with Crippen LogP contribution in [0.15, 0.2) is 36.7 Å². The molecule has 1 unspecified atom stereocenters. The third-order valence-corrected chi connectivity index (χ3v) is 2.67. The number of aromatic nitrogens is 2. The highest BCUT2D eigenvalue weighted by molar-refractivity contribution is 5.88. The lowest BCUT2D eigenvalue weighted by Gasteiger charge is -2.15. The van der Waals surface area contributed by atoms with E-state index in [1.165, 1.54) is 6.92 Å². The van der Waals surface area contributed by atoms with E-state index >= 15 is 0 Å². The summed E-state index contributed by atoms with van der Waals surface area (Å²) in [6.45, 7) is 3.39. The Labute approximate surface area is 116 Å². The molecular weight excluding hydrogens is 259 g/mol.